The number of Topliss-reactive ketones (excluding diaryl/α,β-unsaturated/α-hetero) is 1. The first-order chi connectivity index (χ1) is 13.1. The zero-order valence-corrected chi connectivity index (χ0v) is 17.2. The number of aromatic nitrogens is 3. The molecule has 0 saturated heterocycles. The Bertz CT molecular complexity index is 906. The number of ketones is 1. The van der Waals surface area contributed by atoms with Gasteiger partial charge < -0.3 is 14.6 Å². The Morgan fingerprint density at radius 1 is 1.26 bits per heavy atom. The second kappa shape index (κ2) is 9.16. The fourth-order valence-electron chi connectivity index (χ4n) is 2.78. The van der Waals surface area contributed by atoms with Crippen molar-refractivity contribution in [1.29, 1.82) is 0 Å². The molecule has 1 N–H and O–H groups in total. The number of hydrogen-bond acceptors (Lipinski definition) is 7. The van der Waals surface area contributed by atoms with E-state index in [0.29, 0.717) is 17.5 Å². The SMILES string of the molecule is COCCn1c(C)cc(C(=O)CSc2nnc(Nc3ccccc3)s2)c1C. The van der Waals surface area contributed by atoms with Crippen LogP contribution in [-0.4, -0.2) is 40.0 Å². The van der Waals surface area contributed by atoms with Gasteiger partial charge in [0.25, 0.3) is 0 Å². The summed E-state index contributed by atoms with van der Waals surface area (Å²) >= 11 is 2.86. The largest absolute Gasteiger partial charge is 0.383 e. The molecule has 1 aromatic carbocycles. The van der Waals surface area contributed by atoms with Crippen LogP contribution in [0, 0.1) is 13.8 Å². The van der Waals surface area contributed by atoms with Crippen molar-refractivity contribution in [3.05, 3.63) is 53.3 Å². The van der Waals surface area contributed by atoms with E-state index in [0.717, 1.165) is 33.5 Å². The topological polar surface area (TPSA) is 69.0 Å². The van der Waals surface area contributed by atoms with Gasteiger partial charge in [-0.3, -0.25) is 4.79 Å². The number of para-hydroxylation sites is 1. The molecule has 3 aromatic rings. The van der Waals surface area contributed by atoms with Crippen LogP contribution in [0.3, 0.4) is 0 Å². The van der Waals surface area contributed by atoms with Crippen molar-refractivity contribution in [2.45, 2.75) is 24.7 Å². The number of carbonyl (C=O) groups is 1. The third-order valence-corrected chi connectivity index (χ3v) is 6.12. The number of aryl methyl sites for hydroxylation is 1. The molecule has 3 rings (SSSR count). The molecule has 0 aliphatic rings. The number of ether oxygens (including phenoxy) is 1. The Morgan fingerprint density at radius 2 is 2.04 bits per heavy atom. The molecule has 0 bridgehead atoms. The maximum atomic E-state index is 12.7. The summed E-state index contributed by atoms with van der Waals surface area (Å²) in [6.07, 6.45) is 0. The summed E-state index contributed by atoms with van der Waals surface area (Å²) in [6.45, 7) is 5.37. The van der Waals surface area contributed by atoms with Crippen LogP contribution in [0.2, 0.25) is 0 Å². The van der Waals surface area contributed by atoms with E-state index in [1.54, 1.807) is 7.11 Å². The number of thioether (sulfide) groups is 1. The van der Waals surface area contributed by atoms with Crippen LogP contribution in [0.15, 0.2) is 40.7 Å². The van der Waals surface area contributed by atoms with E-state index in [2.05, 4.69) is 20.1 Å². The van der Waals surface area contributed by atoms with Crippen LogP contribution in [0.4, 0.5) is 10.8 Å². The lowest BCUT2D eigenvalue weighted by molar-refractivity contribution is 0.102. The summed E-state index contributed by atoms with van der Waals surface area (Å²) in [4.78, 5) is 12.7. The Balaban J connectivity index is 1.60. The van der Waals surface area contributed by atoms with Crippen LogP contribution >= 0.6 is 23.1 Å². The molecule has 6 nitrogen and oxygen atoms in total. The normalized spacial score (nSPS) is 10.9. The van der Waals surface area contributed by atoms with Gasteiger partial charge in [-0.2, -0.15) is 0 Å². The number of nitrogens with one attached hydrogen (secondary N) is 1. The Hall–Kier alpha value is -2.16. The summed E-state index contributed by atoms with van der Waals surface area (Å²) < 4.78 is 8.04. The number of rotatable bonds is 9. The Labute approximate surface area is 167 Å². The molecule has 142 valence electrons. The van der Waals surface area contributed by atoms with E-state index in [1.807, 2.05) is 50.2 Å². The van der Waals surface area contributed by atoms with E-state index in [4.69, 9.17) is 4.74 Å². The second-order valence-electron chi connectivity index (χ2n) is 6.01. The fraction of sp³-hybridized carbons (Fsp3) is 0.316. The summed E-state index contributed by atoms with van der Waals surface area (Å²) in [5.41, 5.74) is 3.79. The molecule has 0 atom stereocenters. The van der Waals surface area contributed by atoms with Crippen molar-refractivity contribution < 1.29 is 9.53 Å². The quantitative estimate of drug-likeness (QED) is 0.425. The van der Waals surface area contributed by atoms with E-state index in [9.17, 15) is 4.79 Å². The third-order valence-electron chi connectivity index (χ3n) is 4.15. The van der Waals surface area contributed by atoms with Gasteiger partial charge in [0.2, 0.25) is 5.13 Å². The van der Waals surface area contributed by atoms with Crippen LogP contribution in [0.1, 0.15) is 21.7 Å². The molecule has 0 fully saturated rings. The summed E-state index contributed by atoms with van der Waals surface area (Å²) in [7, 11) is 1.68. The number of nitrogens with zero attached hydrogens (tertiary/aromatic N) is 3. The molecule has 0 amide bonds. The number of benzene rings is 1. The van der Waals surface area contributed by atoms with Gasteiger partial charge in [0.05, 0.1) is 12.4 Å². The molecule has 0 spiro atoms. The average Bonchev–Trinajstić information content (AvgIpc) is 3.23. The van der Waals surface area contributed by atoms with Crippen molar-refractivity contribution in [3.8, 4) is 0 Å². The molecule has 2 aromatic heterocycles. The van der Waals surface area contributed by atoms with E-state index >= 15 is 0 Å². The monoisotopic (exact) mass is 402 g/mol. The van der Waals surface area contributed by atoms with E-state index < -0.39 is 0 Å². The molecule has 0 aliphatic heterocycles. The second-order valence-corrected chi connectivity index (χ2v) is 8.21. The Morgan fingerprint density at radius 3 is 2.78 bits per heavy atom. The van der Waals surface area contributed by atoms with Crippen molar-refractivity contribution in [2.24, 2.45) is 0 Å². The van der Waals surface area contributed by atoms with Gasteiger partial charge in [-0.1, -0.05) is 41.3 Å². The summed E-state index contributed by atoms with van der Waals surface area (Å²) in [5, 5.41) is 12.2. The number of hydrogen-bond donors (Lipinski definition) is 1. The molecule has 8 heteroatoms. The highest BCUT2D eigenvalue weighted by Gasteiger charge is 2.17. The van der Waals surface area contributed by atoms with Gasteiger partial charge >= 0.3 is 0 Å². The first-order valence-corrected chi connectivity index (χ1v) is 10.4. The lowest BCUT2D eigenvalue weighted by Gasteiger charge is -2.08. The zero-order chi connectivity index (χ0) is 19.2. The maximum absolute atomic E-state index is 12.7. The standard InChI is InChI=1S/C19H22N4O2S2/c1-13-11-16(14(2)23(13)9-10-25-3)17(24)12-26-19-22-21-18(27-19)20-15-7-5-4-6-8-15/h4-8,11H,9-10,12H2,1-3H3,(H,20,21). The Kier molecular flexibility index (Phi) is 6.65. The smallest absolute Gasteiger partial charge is 0.210 e. The molecule has 0 unspecified atom stereocenters. The first-order valence-electron chi connectivity index (χ1n) is 8.55. The fourth-order valence-corrected chi connectivity index (χ4v) is 4.43. The zero-order valence-electron chi connectivity index (χ0n) is 15.6. The summed E-state index contributed by atoms with van der Waals surface area (Å²) in [6, 6.07) is 11.8. The summed E-state index contributed by atoms with van der Waals surface area (Å²) in [5.74, 6) is 0.443. The van der Waals surface area contributed by atoms with Gasteiger partial charge in [0.15, 0.2) is 10.1 Å². The third kappa shape index (κ3) is 4.97. The van der Waals surface area contributed by atoms with Crippen molar-refractivity contribution in [3.63, 3.8) is 0 Å². The lowest BCUT2D eigenvalue weighted by atomic mass is 10.2. The van der Waals surface area contributed by atoms with E-state index in [-0.39, 0.29) is 5.78 Å². The highest BCUT2D eigenvalue weighted by Crippen LogP contribution is 2.28. The first kappa shape index (κ1) is 19.6. The maximum Gasteiger partial charge on any atom is 0.210 e. The predicted octanol–water partition coefficient (Wildman–Crippen LogP) is 4.32. The molecule has 0 saturated carbocycles. The molecule has 0 aliphatic carbocycles. The number of carbonyl (C=O) groups excluding carboxylic acids is 1. The van der Waals surface area contributed by atoms with Crippen LogP contribution in [0.5, 0.6) is 0 Å². The highest BCUT2D eigenvalue weighted by atomic mass is 32.2. The van der Waals surface area contributed by atoms with Crippen molar-refractivity contribution >= 4 is 39.7 Å². The minimum absolute atomic E-state index is 0.101. The van der Waals surface area contributed by atoms with Crippen LogP contribution in [-0.2, 0) is 11.3 Å². The van der Waals surface area contributed by atoms with Gasteiger partial charge in [-0.15, -0.1) is 10.2 Å². The van der Waals surface area contributed by atoms with Gasteiger partial charge in [-0.25, -0.2) is 0 Å². The van der Waals surface area contributed by atoms with Gasteiger partial charge in [0.1, 0.15) is 0 Å². The lowest BCUT2D eigenvalue weighted by Crippen LogP contribution is -2.09. The predicted molar refractivity (Wildman–Crippen MR) is 110 cm³/mol. The minimum Gasteiger partial charge on any atom is -0.383 e. The molecule has 0 radical (unpaired) electrons. The molecular weight excluding hydrogens is 380 g/mol. The molecule has 2 heterocycles. The van der Waals surface area contributed by atoms with Crippen LogP contribution in [0.25, 0.3) is 0 Å². The number of anilines is 2. The minimum atomic E-state index is 0.101. The van der Waals surface area contributed by atoms with Crippen molar-refractivity contribution in [2.75, 3.05) is 24.8 Å². The highest BCUT2D eigenvalue weighted by molar-refractivity contribution is 8.01. The average molecular weight is 403 g/mol. The number of methoxy groups -OCH3 is 1. The van der Waals surface area contributed by atoms with Crippen LogP contribution < -0.4 is 5.32 Å². The van der Waals surface area contributed by atoms with Gasteiger partial charge in [0, 0.05) is 36.3 Å². The molecule has 27 heavy (non-hydrogen) atoms. The van der Waals surface area contributed by atoms with E-state index in [1.165, 1.54) is 23.1 Å². The molecular formula is C19H22N4O2S2. The van der Waals surface area contributed by atoms with Gasteiger partial charge in [-0.05, 0) is 32.0 Å². The van der Waals surface area contributed by atoms with Crippen molar-refractivity contribution in [1.82, 2.24) is 14.8 Å².